The molecular weight excluding hydrogens is 454 g/mol. The van der Waals surface area contributed by atoms with E-state index in [0.29, 0.717) is 22.3 Å². The van der Waals surface area contributed by atoms with Crippen LogP contribution in [-0.4, -0.2) is 20.1 Å². The van der Waals surface area contributed by atoms with E-state index in [1.165, 1.54) is 0 Å². The summed E-state index contributed by atoms with van der Waals surface area (Å²) in [5.74, 6) is 0. The van der Waals surface area contributed by atoms with Crippen LogP contribution in [0.25, 0.3) is 22.0 Å². The molecule has 1 atom stereocenters. The van der Waals surface area contributed by atoms with Gasteiger partial charge in [0.2, 0.25) is 5.56 Å². The lowest BCUT2D eigenvalue weighted by Crippen LogP contribution is -2.29. The first-order chi connectivity index (χ1) is 15.1. The van der Waals surface area contributed by atoms with E-state index < -0.39 is 5.60 Å². The van der Waals surface area contributed by atoms with Crippen LogP contribution in [-0.2, 0) is 5.60 Å². The summed E-state index contributed by atoms with van der Waals surface area (Å²) in [7, 11) is 0. The van der Waals surface area contributed by atoms with Gasteiger partial charge >= 0.3 is 0 Å². The highest BCUT2D eigenvalue weighted by Crippen LogP contribution is 2.38. The molecule has 0 amide bonds. The maximum atomic E-state index is 12.3. The number of hydrogen-bond donors (Lipinski definition) is 3. The summed E-state index contributed by atoms with van der Waals surface area (Å²) in [5.41, 5.74) is 2.72. The SMILES string of the molecule is O=c1cc(-c2ccccc2)c2cc(C(O)(c3cccc(Br)c3)c3cnc[nH]3)ccc2[nH]1. The lowest BCUT2D eigenvalue weighted by Gasteiger charge is -2.29. The van der Waals surface area contributed by atoms with Gasteiger partial charge in [-0.1, -0.05) is 64.5 Å². The van der Waals surface area contributed by atoms with Gasteiger partial charge in [-0.3, -0.25) is 4.79 Å². The predicted molar refractivity (Wildman–Crippen MR) is 125 cm³/mol. The minimum absolute atomic E-state index is 0.171. The molecule has 0 bridgehead atoms. The molecule has 5 nitrogen and oxygen atoms in total. The fourth-order valence-electron chi connectivity index (χ4n) is 3.98. The number of pyridine rings is 1. The van der Waals surface area contributed by atoms with Gasteiger partial charge in [0, 0.05) is 21.4 Å². The highest BCUT2D eigenvalue weighted by atomic mass is 79.9. The van der Waals surface area contributed by atoms with Crippen LogP contribution in [0.4, 0.5) is 0 Å². The van der Waals surface area contributed by atoms with Gasteiger partial charge in [0.25, 0.3) is 0 Å². The molecule has 2 aromatic heterocycles. The smallest absolute Gasteiger partial charge is 0.249 e. The van der Waals surface area contributed by atoms with Gasteiger partial charge in [-0.15, -0.1) is 0 Å². The molecular formula is C25H18BrN3O2. The van der Waals surface area contributed by atoms with Crippen molar-refractivity contribution in [2.24, 2.45) is 0 Å². The number of imidazole rings is 1. The molecule has 0 aliphatic carbocycles. The second kappa shape index (κ2) is 7.65. The molecule has 0 fully saturated rings. The first-order valence-electron chi connectivity index (χ1n) is 9.76. The van der Waals surface area contributed by atoms with E-state index in [0.717, 1.165) is 21.0 Å². The summed E-state index contributed by atoms with van der Waals surface area (Å²) < 4.78 is 0.859. The Morgan fingerprint density at radius 3 is 2.45 bits per heavy atom. The minimum atomic E-state index is -1.46. The predicted octanol–water partition coefficient (Wildman–Crippen LogP) is 4.96. The number of hydrogen-bond acceptors (Lipinski definition) is 3. The first-order valence-corrected chi connectivity index (χ1v) is 10.6. The fourth-order valence-corrected chi connectivity index (χ4v) is 4.38. The second-order valence-corrected chi connectivity index (χ2v) is 8.28. The summed E-state index contributed by atoms with van der Waals surface area (Å²) in [6.07, 6.45) is 3.17. The van der Waals surface area contributed by atoms with Gasteiger partial charge < -0.3 is 15.1 Å². The van der Waals surface area contributed by atoms with Crippen molar-refractivity contribution in [3.05, 3.63) is 123 Å². The third-order valence-electron chi connectivity index (χ3n) is 5.48. The van der Waals surface area contributed by atoms with Crippen LogP contribution in [0.5, 0.6) is 0 Å². The standard InChI is InChI=1S/C25H18BrN3O2/c26-19-8-4-7-17(11-19)25(31,23-14-27-15-28-23)18-9-10-22-21(12-18)20(13-24(30)29-22)16-5-2-1-3-6-16/h1-15,31H,(H,27,28)(H,29,30). The molecule has 152 valence electrons. The maximum absolute atomic E-state index is 12.3. The van der Waals surface area contributed by atoms with Gasteiger partial charge in [-0.2, -0.15) is 0 Å². The molecule has 6 heteroatoms. The molecule has 3 aromatic carbocycles. The molecule has 2 heterocycles. The number of aliphatic hydroxyl groups is 1. The molecule has 0 aliphatic rings. The molecule has 0 radical (unpaired) electrons. The highest BCUT2D eigenvalue weighted by Gasteiger charge is 2.36. The highest BCUT2D eigenvalue weighted by molar-refractivity contribution is 9.10. The van der Waals surface area contributed by atoms with Crippen LogP contribution in [0.3, 0.4) is 0 Å². The van der Waals surface area contributed by atoms with Crippen molar-refractivity contribution in [2.75, 3.05) is 0 Å². The van der Waals surface area contributed by atoms with Crippen molar-refractivity contribution in [3.8, 4) is 11.1 Å². The van der Waals surface area contributed by atoms with E-state index in [1.807, 2.05) is 72.8 Å². The number of H-pyrrole nitrogens is 2. The third-order valence-corrected chi connectivity index (χ3v) is 5.97. The number of aromatic nitrogens is 3. The van der Waals surface area contributed by atoms with Crippen LogP contribution in [0.1, 0.15) is 16.8 Å². The Balaban J connectivity index is 1.80. The zero-order valence-electron chi connectivity index (χ0n) is 16.3. The lowest BCUT2D eigenvalue weighted by atomic mass is 9.83. The lowest BCUT2D eigenvalue weighted by molar-refractivity contribution is 0.121. The minimum Gasteiger partial charge on any atom is -0.374 e. The van der Waals surface area contributed by atoms with Crippen molar-refractivity contribution < 1.29 is 5.11 Å². The van der Waals surface area contributed by atoms with E-state index in [-0.39, 0.29) is 5.56 Å². The average molecular weight is 472 g/mol. The molecule has 1 unspecified atom stereocenters. The van der Waals surface area contributed by atoms with Crippen LogP contribution in [0.2, 0.25) is 0 Å². The summed E-state index contributed by atoms with van der Waals surface area (Å²) >= 11 is 3.50. The van der Waals surface area contributed by atoms with E-state index in [2.05, 4.69) is 30.9 Å². The molecule has 5 aromatic rings. The van der Waals surface area contributed by atoms with E-state index in [1.54, 1.807) is 18.6 Å². The Morgan fingerprint density at radius 1 is 0.903 bits per heavy atom. The number of nitrogens with one attached hydrogen (secondary N) is 2. The molecule has 3 N–H and O–H groups in total. The van der Waals surface area contributed by atoms with Crippen molar-refractivity contribution in [1.82, 2.24) is 15.0 Å². The topological polar surface area (TPSA) is 81.8 Å². The van der Waals surface area contributed by atoms with Gasteiger partial charge in [-0.05, 0) is 46.5 Å². The number of aromatic amines is 2. The zero-order chi connectivity index (χ0) is 21.4. The first kappa shape index (κ1) is 19.5. The monoisotopic (exact) mass is 471 g/mol. The van der Waals surface area contributed by atoms with Crippen molar-refractivity contribution >= 4 is 26.8 Å². The molecule has 31 heavy (non-hydrogen) atoms. The van der Waals surface area contributed by atoms with Crippen molar-refractivity contribution in [2.45, 2.75) is 5.60 Å². The van der Waals surface area contributed by atoms with Crippen molar-refractivity contribution in [3.63, 3.8) is 0 Å². The zero-order valence-corrected chi connectivity index (χ0v) is 17.9. The molecule has 0 spiro atoms. The Kier molecular flexibility index (Phi) is 4.81. The van der Waals surface area contributed by atoms with E-state index >= 15 is 0 Å². The Bertz CT molecular complexity index is 1430. The van der Waals surface area contributed by atoms with Crippen LogP contribution in [0, 0.1) is 0 Å². The molecule has 0 saturated heterocycles. The summed E-state index contributed by atoms with van der Waals surface area (Å²) in [4.78, 5) is 22.4. The molecule has 0 saturated carbocycles. The van der Waals surface area contributed by atoms with Gasteiger partial charge in [0.15, 0.2) is 5.60 Å². The van der Waals surface area contributed by atoms with Crippen LogP contribution in [0.15, 0.2) is 101 Å². The van der Waals surface area contributed by atoms with Gasteiger partial charge in [0.1, 0.15) is 0 Å². The summed E-state index contributed by atoms with van der Waals surface area (Å²) in [5, 5.41) is 12.9. The van der Waals surface area contributed by atoms with E-state index in [4.69, 9.17) is 0 Å². The fraction of sp³-hybridized carbons (Fsp3) is 0.0400. The Morgan fingerprint density at radius 2 is 1.71 bits per heavy atom. The van der Waals surface area contributed by atoms with E-state index in [9.17, 15) is 9.90 Å². The molecule has 5 rings (SSSR count). The number of benzene rings is 3. The number of nitrogens with zero attached hydrogens (tertiary/aromatic N) is 1. The largest absolute Gasteiger partial charge is 0.374 e. The normalized spacial score (nSPS) is 13.2. The Hall–Kier alpha value is -3.48. The van der Waals surface area contributed by atoms with Crippen LogP contribution >= 0.6 is 15.9 Å². The second-order valence-electron chi connectivity index (χ2n) is 7.36. The van der Waals surface area contributed by atoms with Crippen molar-refractivity contribution in [1.29, 1.82) is 0 Å². The maximum Gasteiger partial charge on any atom is 0.249 e. The van der Waals surface area contributed by atoms with Gasteiger partial charge in [0.05, 0.1) is 18.2 Å². The number of rotatable bonds is 4. The van der Waals surface area contributed by atoms with Gasteiger partial charge in [-0.25, -0.2) is 4.98 Å². The summed E-state index contributed by atoms with van der Waals surface area (Å²) in [6.45, 7) is 0. The molecule has 0 aliphatic heterocycles. The Labute approximate surface area is 186 Å². The average Bonchev–Trinajstić information content (AvgIpc) is 3.34. The number of halogens is 1. The third kappa shape index (κ3) is 3.40. The summed E-state index contributed by atoms with van der Waals surface area (Å²) in [6, 6.07) is 24.5. The quantitative estimate of drug-likeness (QED) is 0.346. The van der Waals surface area contributed by atoms with Crippen LogP contribution < -0.4 is 5.56 Å². The number of fused-ring (bicyclic) bond motifs is 1.